The molecule has 1 heterocycles. The highest BCUT2D eigenvalue weighted by molar-refractivity contribution is 6.38. The summed E-state index contributed by atoms with van der Waals surface area (Å²) in [6, 6.07) is 6.95. The maximum absolute atomic E-state index is 14.2. The van der Waals surface area contributed by atoms with E-state index >= 15 is 0 Å². The van der Waals surface area contributed by atoms with Crippen LogP contribution in [-0.4, -0.2) is 46.4 Å². The Morgan fingerprint density at radius 3 is 2.39 bits per heavy atom. The number of hydrogen-bond acceptors (Lipinski definition) is 5. The van der Waals surface area contributed by atoms with Gasteiger partial charge in [-0.25, -0.2) is 9.18 Å². The van der Waals surface area contributed by atoms with Crippen molar-refractivity contribution in [3.63, 3.8) is 0 Å². The van der Waals surface area contributed by atoms with Gasteiger partial charge in [0, 0.05) is 22.5 Å². The van der Waals surface area contributed by atoms with Gasteiger partial charge in [-0.3, -0.25) is 14.4 Å². The monoisotopic (exact) mass is 675 g/mol. The van der Waals surface area contributed by atoms with Crippen LogP contribution in [0.4, 0.5) is 9.18 Å². The van der Waals surface area contributed by atoms with Gasteiger partial charge in [0.15, 0.2) is 0 Å². The zero-order valence-corrected chi connectivity index (χ0v) is 27.8. The van der Waals surface area contributed by atoms with E-state index in [4.69, 9.17) is 33.7 Å². The van der Waals surface area contributed by atoms with Crippen molar-refractivity contribution in [2.24, 2.45) is 17.6 Å². The van der Waals surface area contributed by atoms with Gasteiger partial charge in [0.2, 0.25) is 17.7 Å². The Balaban J connectivity index is 1.66. The summed E-state index contributed by atoms with van der Waals surface area (Å²) < 4.78 is 18.9. The predicted octanol–water partition coefficient (Wildman–Crippen LogP) is 5.31. The Kier molecular flexibility index (Phi) is 11.2. The molecule has 4 amide bonds. The van der Waals surface area contributed by atoms with Gasteiger partial charge in [-0.1, -0.05) is 75.9 Å². The van der Waals surface area contributed by atoms with Crippen molar-refractivity contribution in [1.29, 1.82) is 0 Å². The number of hydrogen-bond donors (Lipinski definition) is 5. The van der Waals surface area contributed by atoms with Gasteiger partial charge in [-0.15, -0.1) is 0 Å². The summed E-state index contributed by atoms with van der Waals surface area (Å²) in [5, 5.41) is 9.93. The van der Waals surface area contributed by atoms with Crippen LogP contribution in [0.25, 0.3) is 10.9 Å². The topological polar surface area (TPSA) is 155 Å². The molecule has 2 unspecified atom stereocenters. The smallest absolute Gasteiger partial charge is 0.408 e. The minimum atomic E-state index is -1.52. The van der Waals surface area contributed by atoms with E-state index in [1.54, 1.807) is 25.1 Å². The number of aromatic amines is 1. The lowest BCUT2D eigenvalue weighted by Gasteiger charge is -2.39. The van der Waals surface area contributed by atoms with Crippen LogP contribution >= 0.6 is 23.2 Å². The molecule has 46 heavy (non-hydrogen) atoms. The number of halogens is 3. The number of H-pyrrole nitrogens is 1. The molecule has 0 radical (unpaired) electrons. The number of carbonyl (C=O) groups is 4. The Morgan fingerprint density at radius 1 is 1.04 bits per heavy atom. The number of nitrogens with one attached hydrogen (secondary N) is 4. The number of alkyl carbamates (subject to hydrolysis) is 1. The number of aromatic nitrogens is 1. The molecule has 0 aliphatic heterocycles. The van der Waals surface area contributed by atoms with Gasteiger partial charge < -0.3 is 31.4 Å². The molecule has 0 saturated heterocycles. The molecule has 5 atom stereocenters. The average molecular weight is 677 g/mol. The highest BCUT2D eigenvalue weighted by Gasteiger charge is 2.46. The van der Waals surface area contributed by atoms with E-state index in [1.165, 1.54) is 18.2 Å². The minimum absolute atomic E-state index is 0.0554. The first-order chi connectivity index (χ1) is 21.8. The van der Waals surface area contributed by atoms with Crippen LogP contribution in [0.5, 0.6) is 0 Å². The van der Waals surface area contributed by atoms with Crippen molar-refractivity contribution in [2.75, 3.05) is 0 Å². The highest BCUT2D eigenvalue weighted by Crippen LogP contribution is 2.38. The first-order valence-electron chi connectivity index (χ1n) is 15.4. The first kappa shape index (κ1) is 35.0. The Hall–Kier alpha value is -3.83. The Morgan fingerprint density at radius 2 is 1.74 bits per heavy atom. The molecule has 4 rings (SSSR count). The largest absolute Gasteiger partial charge is 0.445 e. The van der Waals surface area contributed by atoms with E-state index in [2.05, 4.69) is 20.9 Å². The third kappa shape index (κ3) is 7.75. The number of carbonyl (C=O) groups excluding carboxylic acids is 4. The maximum Gasteiger partial charge on any atom is 0.408 e. The fourth-order valence-electron chi connectivity index (χ4n) is 5.80. The summed E-state index contributed by atoms with van der Waals surface area (Å²) in [5.74, 6) is -2.96. The second-order valence-electron chi connectivity index (χ2n) is 12.1. The van der Waals surface area contributed by atoms with E-state index in [-0.39, 0.29) is 31.3 Å². The number of fused-ring (bicyclic) bond motifs is 3. The van der Waals surface area contributed by atoms with Crippen molar-refractivity contribution in [2.45, 2.75) is 84.0 Å². The van der Waals surface area contributed by atoms with Gasteiger partial charge in [0.25, 0.3) is 0 Å². The van der Waals surface area contributed by atoms with Crippen LogP contribution in [0.15, 0.2) is 36.4 Å². The van der Waals surface area contributed by atoms with Crippen molar-refractivity contribution in [3.8, 4) is 0 Å². The van der Waals surface area contributed by atoms with E-state index < -0.39 is 47.3 Å². The molecule has 1 aromatic heterocycles. The number of benzene rings is 2. The molecule has 1 aliphatic carbocycles. The molecular weight excluding hydrogens is 636 g/mol. The average Bonchev–Trinajstić information content (AvgIpc) is 3.38. The fourth-order valence-corrected chi connectivity index (χ4v) is 6.34. The molecule has 6 N–H and O–H groups in total. The number of ether oxygens (including phenoxy) is 1. The second-order valence-corrected chi connectivity index (χ2v) is 12.9. The fraction of sp³-hybridized carbons (Fsp3) is 0.455. The lowest BCUT2D eigenvalue weighted by Crippen LogP contribution is -2.67. The third-order valence-electron chi connectivity index (χ3n) is 8.93. The van der Waals surface area contributed by atoms with Gasteiger partial charge in [0.1, 0.15) is 30.0 Å². The molecule has 3 aromatic rings. The van der Waals surface area contributed by atoms with Gasteiger partial charge in [0.05, 0.1) is 10.5 Å². The SMILES string of the molecule is CCC(C)[C@H](NC(=O)[C@@]1(NC(=O)[C@@H](NC(=O)OCc2cccc(F)c2)C(C)CC)CCc2[nH]c3c(Cl)cc(Cl)cc3c2C1)C(N)=O. The predicted molar refractivity (Wildman–Crippen MR) is 175 cm³/mol. The Bertz CT molecular complexity index is 1630. The molecule has 10 nitrogen and oxygen atoms in total. The van der Waals surface area contributed by atoms with Crippen LogP contribution in [0.3, 0.4) is 0 Å². The number of amides is 4. The zero-order valence-electron chi connectivity index (χ0n) is 26.3. The number of nitrogens with two attached hydrogens (primary N) is 1. The highest BCUT2D eigenvalue weighted by atomic mass is 35.5. The standard InChI is InChI=1S/C33H40Cl2FN5O5/c1-5-17(3)26(29(37)42)39-31(44)33(11-10-25-23(15-33)22-13-20(34)14-24(35)28(22)38-25)41-30(43)27(18(4)6-2)40-32(45)46-16-19-8-7-9-21(36)12-19/h7-9,12-14,17-18,26-27,38H,5-6,10-11,15-16H2,1-4H3,(H2,37,42)(H,39,44)(H,40,45)(H,41,43)/t17?,18?,26-,27-,33+/m0/s1. The molecule has 0 bridgehead atoms. The van der Waals surface area contributed by atoms with Crippen LogP contribution in [0.1, 0.15) is 63.8 Å². The van der Waals surface area contributed by atoms with Crippen molar-refractivity contribution >= 4 is 57.9 Å². The Labute approximate surface area is 277 Å². The second kappa shape index (κ2) is 14.7. The van der Waals surface area contributed by atoms with Crippen molar-refractivity contribution in [3.05, 3.63) is 69.1 Å². The molecule has 13 heteroatoms. The quantitative estimate of drug-likeness (QED) is 0.176. The van der Waals surface area contributed by atoms with Crippen LogP contribution in [0.2, 0.25) is 10.0 Å². The summed E-state index contributed by atoms with van der Waals surface area (Å²) in [5.41, 5.74) is 6.87. The molecular formula is C33H40Cl2FN5O5. The lowest BCUT2D eigenvalue weighted by molar-refractivity contribution is -0.137. The summed E-state index contributed by atoms with van der Waals surface area (Å²) in [7, 11) is 0. The van der Waals surface area contributed by atoms with Gasteiger partial charge in [-0.2, -0.15) is 0 Å². The first-order valence-corrected chi connectivity index (χ1v) is 16.1. The summed E-state index contributed by atoms with van der Waals surface area (Å²) in [6.45, 7) is 7.14. The number of aryl methyl sites for hydroxylation is 1. The molecule has 0 fully saturated rings. The van der Waals surface area contributed by atoms with Gasteiger partial charge in [-0.05, 0) is 60.1 Å². The molecule has 1 aliphatic rings. The van der Waals surface area contributed by atoms with E-state index in [9.17, 15) is 23.6 Å². The van der Waals surface area contributed by atoms with Crippen molar-refractivity contribution in [1.82, 2.24) is 20.9 Å². The summed E-state index contributed by atoms with van der Waals surface area (Å²) in [6.07, 6.45) is 0.824. The lowest BCUT2D eigenvalue weighted by atomic mass is 9.78. The van der Waals surface area contributed by atoms with Crippen LogP contribution < -0.4 is 21.7 Å². The molecule has 248 valence electrons. The number of primary amides is 1. The summed E-state index contributed by atoms with van der Waals surface area (Å²) in [4.78, 5) is 56.8. The van der Waals surface area contributed by atoms with E-state index in [1.807, 2.05) is 20.8 Å². The maximum atomic E-state index is 14.2. The van der Waals surface area contributed by atoms with E-state index in [0.717, 1.165) is 11.3 Å². The minimum Gasteiger partial charge on any atom is -0.445 e. The van der Waals surface area contributed by atoms with Crippen LogP contribution in [0, 0.1) is 17.7 Å². The van der Waals surface area contributed by atoms with Crippen LogP contribution in [-0.2, 0) is 38.6 Å². The summed E-state index contributed by atoms with van der Waals surface area (Å²) >= 11 is 12.8. The molecule has 0 spiro atoms. The molecule has 2 aromatic carbocycles. The van der Waals surface area contributed by atoms with E-state index in [0.29, 0.717) is 45.8 Å². The number of rotatable bonds is 12. The van der Waals surface area contributed by atoms with Gasteiger partial charge >= 0.3 is 6.09 Å². The third-order valence-corrected chi connectivity index (χ3v) is 9.45. The zero-order chi connectivity index (χ0) is 33.8. The normalized spacial score (nSPS) is 18.5. The van der Waals surface area contributed by atoms with Crippen molar-refractivity contribution < 1.29 is 28.3 Å². The molecule has 0 saturated carbocycles.